The Bertz CT molecular complexity index is 654. The largest absolute Gasteiger partial charge is 0.389 e. The molecule has 25 heavy (non-hydrogen) atoms. The average molecular weight is 370 g/mol. The number of rotatable bonds is 7. The van der Waals surface area contributed by atoms with Gasteiger partial charge in [-0.15, -0.1) is 0 Å². The van der Waals surface area contributed by atoms with Crippen LogP contribution in [0.2, 0.25) is 0 Å². The quantitative estimate of drug-likeness (QED) is 0.713. The van der Waals surface area contributed by atoms with Crippen LogP contribution in [-0.2, 0) is 19.5 Å². The van der Waals surface area contributed by atoms with Gasteiger partial charge in [-0.3, -0.25) is 4.90 Å². The van der Waals surface area contributed by atoms with Crippen molar-refractivity contribution in [3.8, 4) is 0 Å². The summed E-state index contributed by atoms with van der Waals surface area (Å²) < 4.78 is 38.3. The third-order valence-electron chi connectivity index (χ3n) is 4.92. The van der Waals surface area contributed by atoms with Crippen molar-refractivity contribution in [1.82, 2.24) is 9.62 Å². The van der Waals surface area contributed by atoms with Gasteiger partial charge in [0.2, 0.25) is 10.0 Å². The zero-order valence-electron chi connectivity index (χ0n) is 14.4. The van der Waals surface area contributed by atoms with Crippen LogP contribution in [0.25, 0.3) is 0 Å². The number of likely N-dealkylation sites (tertiary alicyclic amines) is 1. The van der Waals surface area contributed by atoms with Crippen LogP contribution in [0.1, 0.15) is 12.8 Å². The molecule has 4 unspecified atom stereocenters. The summed E-state index contributed by atoms with van der Waals surface area (Å²) in [5.74, 6) is 0. The van der Waals surface area contributed by atoms with E-state index >= 15 is 0 Å². The van der Waals surface area contributed by atoms with Crippen LogP contribution in [0.4, 0.5) is 0 Å². The monoisotopic (exact) mass is 370 g/mol. The van der Waals surface area contributed by atoms with Crippen LogP contribution in [0, 0.1) is 0 Å². The second kappa shape index (κ2) is 8.11. The van der Waals surface area contributed by atoms with E-state index in [1.54, 1.807) is 25.3 Å². The Morgan fingerprint density at radius 3 is 2.84 bits per heavy atom. The molecule has 2 heterocycles. The lowest BCUT2D eigenvalue weighted by Crippen LogP contribution is -2.47. The highest BCUT2D eigenvalue weighted by atomic mass is 32.2. The SMILES string of the molecule is COCC1CCCN1CC1OCC(NS(=O)(=O)c2ccccc2)C1O. The van der Waals surface area contributed by atoms with Gasteiger partial charge >= 0.3 is 0 Å². The third-order valence-corrected chi connectivity index (χ3v) is 6.42. The van der Waals surface area contributed by atoms with Gasteiger partial charge in [0.1, 0.15) is 0 Å². The van der Waals surface area contributed by atoms with Gasteiger partial charge < -0.3 is 14.6 Å². The van der Waals surface area contributed by atoms with Crippen molar-refractivity contribution in [2.45, 2.75) is 42.0 Å². The molecule has 7 nitrogen and oxygen atoms in total. The molecule has 2 N–H and O–H groups in total. The fourth-order valence-corrected chi connectivity index (χ4v) is 4.82. The van der Waals surface area contributed by atoms with E-state index in [2.05, 4.69) is 9.62 Å². The number of methoxy groups -OCH3 is 1. The summed E-state index contributed by atoms with van der Waals surface area (Å²) in [6.07, 6.45) is 0.893. The van der Waals surface area contributed by atoms with Crippen LogP contribution < -0.4 is 4.72 Å². The smallest absolute Gasteiger partial charge is 0.240 e. The van der Waals surface area contributed by atoms with Crippen molar-refractivity contribution in [2.24, 2.45) is 0 Å². The van der Waals surface area contributed by atoms with Gasteiger partial charge in [0, 0.05) is 19.7 Å². The van der Waals surface area contributed by atoms with E-state index in [0.29, 0.717) is 19.2 Å². The van der Waals surface area contributed by atoms with Crippen LogP contribution in [0.3, 0.4) is 0 Å². The molecular weight excluding hydrogens is 344 g/mol. The number of benzene rings is 1. The molecular formula is C17H26N2O5S. The lowest BCUT2D eigenvalue weighted by molar-refractivity contribution is 0.00485. The summed E-state index contributed by atoms with van der Waals surface area (Å²) in [6.45, 7) is 2.35. The lowest BCUT2D eigenvalue weighted by atomic mass is 10.1. The minimum atomic E-state index is -3.67. The summed E-state index contributed by atoms with van der Waals surface area (Å²) in [5.41, 5.74) is 0. The van der Waals surface area contributed by atoms with Crippen LogP contribution in [0.5, 0.6) is 0 Å². The molecule has 3 rings (SSSR count). The Morgan fingerprint density at radius 2 is 2.12 bits per heavy atom. The molecule has 0 spiro atoms. The highest BCUT2D eigenvalue weighted by molar-refractivity contribution is 7.89. The molecule has 140 valence electrons. The van der Waals surface area contributed by atoms with Gasteiger partial charge in [0.15, 0.2) is 0 Å². The summed E-state index contributed by atoms with van der Waals surface area (Å²) in [5, 5.41) is 10.5. The predicted molar refractivity (Wildman–Crippen MR) is 92.8 cm³/mol. The number of nitrogens with one attached hydrogen (secondary N) is 1. The number of ether oxygens (including phenoxy) is 2. The fraction of sp³-hybridized carbons (Fsp3) is 0.647. The van der Waals surface area contributed by atoms with Gasteiger partial charge in [0.05, 0.1) is 36.4 Å². The van der Waals surface area contributed by atoms with E-state index in [4.69, 9.17) is 9.47 Å². The minimum Gasteiger partial charge on any atom is -0.389 e. The summed E-state index contributed by atoms with van der Waals surface area (Å²) in [4.78, 5) is 2.44. The first-order chi connectivity index (χ1) is 12.0. The molecule has 0 bridgehead atoms. The number of sulfonamides is 1. The molecule has 8 heteroatoms. The van der Waals surface area contributed by atoms with Crippen molar-refractivity contribution < 1.29 is 23.0 Å². The lowest BCUT2D eigenvalue weighted by Gasteiger charge is -2.28. The topological polar surface area (TPSA) is 88.1 Å². The number of aliphatic hydroxyl groups excluding tert-OH is 1. The van der Waals surface area contributed by atoms with Gasteiger partial charge in [-0.1, -0.05) is 18.2 Å². The summed E-state index contributed by atoms with van der Waals surface area (Å²) in [6, 6.07) is 7.85. The Labute approximate surface area is 149 Å². The summed E-state index contributed by atoms with van der Waals surface area (Å²) in [7, 11) is -1.98. The molecule has 0 aromatic heterocycles. The van der Waals surface area contributed by atoms with Crippen LogP contribution in [-0.4, -0.2) is 76.1 Å². The highest BCUT2D eigenvalue weighted by Gasteiger charge is 2.40. The van der Waals surface area contributed by atoms with Gasteiger partial charge in [-0.25, -0.2) is 13.1 Å². The van der Waals surface area contributed by atoms with E-state index < -0.39 is 28.3 Å². The van der Waals surface area contributed by atoms with Crippen molar-refractivity contribution in [1.29, 1.82) is 0 Å². The molecule has 0 amide bonds. The third kappa shape index (κ3) is 4.39. The first-order valence-electron chi connectivity index (χ1n) is 8.61. The number of nitrogens with zero attached hydrogens (tertiary/aromatic N) is 1. The molecule has 1 aromatic rings. The molecule has 2 aliphatic rings. The molecule has 0 radical (unpaired) electrons. The van der Waals surface area contributed by atoms with E-state index in [1.807, 2.05) is 0 Å². The molecule has 2 aliphatic heterocycles. The standard InChI is InChI=1S/C17H26N2O5S/c1-23-11-13-6-5-9-19(13)10-16-17(20)15(12-24-16)18-25(21,22)14-7-3-2-4-8-14/h2-4,7-8,13,15-18,20H,5-6,9-12H2,1H3. The Balaban J connectivity index is 1.59. The van der Waals surface area contributed by atoms with Crippen molar-refractivity contribution in [3.05, 3.63) is 30.3 Å². The maximum atomic E-state index is 12.4. The van der Waals surface area contributed by atoms with Crippen molar-refractivity contribution in [2.75, 3.05) is 33.4 Å². The zero-order chi connectivity index (χ0) is 17.9. The number of aliphatic hydroxyl groups is 1. The number of hydrogen-bond acceptors (Lipinski definition) is 6. The van der Waals surface area contributed by atoms with Crippen molar-refractivity contribution >= 4 is 10.0 Å². The molecule has 2 saturated heterocycles. The van der Waals surface area contributed by atoms with E-state index in [1.165, 1.54) is 12.1 Å². The number of hydrogen-bond donors (Lipinski definition) is 2. The second-order valence-corrected chi connectivity index (χ2v) is 8.36. The zero-order valence-corrected chi connectivity index (χ0v) is 15.2. The molecule has 2 fully saturated rings. The van der Waals surface area contributed by atoms with E-state index in [-0.39, 0.29) is 11.5 Å². The summed E-state index contributed by atoms with van der Waals surface area (Å²) >= 11 is 0. The van der Waals surface area contributed by atoms with E-state index in [9.17, 15) is 13.5 Å². The van der Waals surface area contributed by atoms with Crippen molar-refractivity contribution in [3.63, 3.8) is 0 Å². The maximum absolute atomic E-state index is 12.4. The Morgan fingerprint density at radius 1 is 1.36 bits per heavy atom. The van der Waals surface area contributed by atoms with Gasteiger partial charge in [-0.05, 0) is 31.5 Å². The van der Waals surface area contributed by atoms with Gasteiger partial charge in [0.25, 0.3) is 0 Å². The molecule has 4 atom stereocenters. The Hall–Kier alpha value is -1.03. The highest BCUT2D eigenvalue weighted by Crippen LogP contribution is 2.23. The second-order valence-electron chi connectivity index (χ2n) is 6.65. The normalized spacial score (nSPS) is 30.8. The molecule has 1 aromatic carbocycles. The van der Waals surface area contributed by atoms with Crippen LogP contribution >= 0.6 is 0 Å². The fourth-order valence-electron chi connectivity index (χ4n) is 3.56. The van der Waals surface area contributed by atoms with Crippen LogP contribution in [0.15, 0.2) is 35.2 Å². The first-order valence-corrected chi connectivity index (χ1v) is 10.1. The van der Waals surface area contributed by atoms with Gasteiger partial charge in [-0.2, -0.15) is 0 Å². The molecule has 0 aliphatic carbocycles. The minimum absolute atomic E-state index is 0.167. The predicted octanol–water partition coefficient (Wildman–Crippen LogP) is 0.204. The van der Waals surface area contributed by atoms with E-state index in [0.717, 1.165) is 19.4 Å². The molecule has 0 saturated carbocycles. The maximum Gasteiger partial charge on any atom is 0.240 e. The average Bonchev–Trinajstić information content (AvgIpc) is 3.18. The first kappa shape index (κ1) is 18.8. The Kier molecular flexibility index (Phi) is 6.08.